The van der Waals surface area contributed by atoms with Crippen molar-refractivity contribution in [3.8, 4) is 11.5 Å². The fourth-order valence-electron chi connectivity index (χ4n) is 2.54. The van der Waals surface area contributed by atoms with Crippen molar-refractivity contribution in [1.82, 2.24) is 4.90 Å². The first-order valence-corrected chi connectivity index (χ1v) is 7.24. The van der Waals surface area contributed by atoms with Crippen molar-refractivity contribution < 1.29 is 19.0 Å². The molecule has 0 saturated carbocycles. The molecular formula is C16H23NO4. The molecule has 0 spiro atoms. The fraction of sp³-hybridized carbons (Fsp3) is 0.562. The van der Waals surface area contributed by atoms with Crippen LogP contribution in [0.5, 0.6) is 11.5 Å². The first-order valence-electron chi connectivity index (χ1n) is 7.24. The zero-order valence-electron chi connectivity index (χ0n) is 13.0. The molecule has 0 bridgehead atoms. The third-order valence-electron chi connectivity index (χ3n) is 3.43. The van der Waals surface area contributed by atoms with Crippen LogP contribution in [0.4, 0.5) is 0 Å². The smallest absolute Gasteiger partial charge is 0.263 e. The molecule has 1 aromatic rings. The lowest BCUT2D eigenvalue weighted by Crippen LogP contribution is -2.51. The van der Waals surface area contributed by atoms with Gasteiger partial charge in [0.05, 0.1) is 19.3 Å². The minimum atomic E-state index is -0.533. The number of carbonyl (C=O) groups excluding carboxylic acids is 1. The maximum absolute atomic E-state index is 12.5. The minimum Gasteiger partial charge on any atom is -0.497 e. The third kappa shape index (κ3) is 4.11. The first kappa shape index (κ1) is 15.6. The number of rotatable bonds is 4. The van der Waals surface area contributed by atoms with Crippen LogP contribution in [0.15, 0.2) is 24.3 Å². The Labute approximate surface area is 125 Å². The molecule has 5 nitrogen and oxygen atoms in total. The van der Waals surface area contributed by atoms with E-state index in [1.165, 1.54) is 0 Å². The van der Waals surface area contributed by atoms with E-state index in [9.17, 15) is 4.79 Å². The Morgan fingerprint density at radius 2 is 1.90 bits per heavy atom. The third-order valence-corrected chi connectivity index (χ3v) is 3.43. The highest BCUT2D eigenvalue weighted by atomic mass is 16.5. The van der Waals surface area contributed by atoms with Crippen molar-refractivity contribution in [2.75, 3.05) is 20.2 Å². The summed E-state index contributed by atoms with van der Waals surface area (Å²) in [5.74, 6) is 1.32. The second kappa shape index (κ2) is 6.80. The molecule has 0 aliphatic carbocycles. The molecule has 0 aromatic heterocycles. The van der Waals surface area contributed by atoms with Gasteiger partial charge in [0.15, 0.2) is 6.10 Å². The summed E-state index contributed by atoms with van der Waals surface area (Å²) in [6.07, 6.45) is -0.418. The molecule has 1 aliphatic rings. The Morgan fingerprint density at radius 3 is 2.52 bits per heavy atom. The quantitative estimate of drug-likeness (QED) is 0.853. The molecule has 0 N–H and O–H groups in total. The van der Waals surface area contributed by atoms with Crippen molar-refractivity contribution in [2.24, 2.45) is 0 Å². The number of morpholine rings is 1. The van der Waals surface area contributed by atoms with Crippen molar-refractivity contribution in [1.29, 1.82) is 0 Å². The zero-order chi connectivity index (χ0) is 15.4. The molecule has 1 amide bonds. The normalized spacial score (nSPS) is 23.5. The molecule has 3 atom stereocenters. The van der Waals surface area contributed by atoms with Gasteiger partial charge in [-0.25, -0.2) is 0 Å². The summed E-state index contributed by atoms with van der Waals surface area (Å²) in [5.41, 5.74) is 0. The van der Waals surface area contributed by atoms with Crippen LogP contribution in [-0.2, 0) is 9.53 Å². The van der Waals surface area contributed by atoms with Gasteiger partial charge in [-0.15, -0.1) is 0 Å². The Bertz CT molecular complexity index is 481. The molecule has 1 heterocycles. The Kier molecular flexibility index (Phi) is 5.07. The van der Waals surface area contributed by atoms with Gasteiger partial charge in [-0.3, -0.25) is 4.79 Å². The van der Waals surface area contributed by atoms with Crippen LogP contribution >= 0.6 is 0 Å². The van der Waals surface area contributed by atoms with Gasteiger partial charge in [0, 0.05) is 19.2 Å². The molecule has 5 heteroatoms. The maximum Gasteiger partial charge on any atom is 0.263 e. The lowest BCUT2D eigenvalue weighted by atomic mass is 10.2. The number of benzene rings is 1. The number of nitrogens with zero attached hydrogens (tertiary/aromatic N) is 1. The number of methoxy groups -OCH3 is 1. The van der Waals surface area contributed by atoms with Gasteiger partial charge >= 0.3 is 0 Å². The zero-order valence-corrected chi connectivity index (χ0v) is 13.0. The average Bonchev–Trinajstić information content (AvgIpc) is 2.45. The fourth-order valence-corrected chi connectivity index (χ4v) is 2.54. The van der Waals surface area contributed by atoms with Crippen LogP contribution in [-0.4, -0.2) is 49.3 Å². The summed E-state index contributed by atoms with van der Waals surface area (Å²) >= 11 is 0. The predicted octanol–water partition coefficient (Wildman–Crippen LogP) is 2.10. The molecule has 1 saturated heterocycles. The van der Waals surface area contributed by atoms with E-state index in [1.807, 2.05) is 36.9 Å². The van der Waals surface area contributed by atoms with E-state index in [4.69, 9.17) is 14.2 Å². The largest absolute Gasteiger partial charge is 0.497 e. The molecule has 3 unspecified atom stereocenters. The highest BCUT2D eigenvalue weighted by Gasteiger charge is 2.29. The summed E-state index contributed by atoms with van der Waals surface area (Å²) in [5, 5.41) is 0. The summed E-state index contributed by atoms with van der Waals surface area (Å²) in [4.78, 5) is 14.3. The standard InChI is InChI=1S/C16H23NO4/c1-11-9-17(10-12(2)20-11)16(18)13(3)21-15-7-5-6-14(8-15)19-4/h5-8,11-13H,9-10H2,1-4H3. The van der Waals surface area contributed by atoms with Gasteiger partial charge < -0.3 is 19.1 Å². The van der Waals surface area contributed by atoms with E-state index >= 15 is 0 Å². The average molecular weight is 293 g/mol. The van der Waals surface area contributed by atoms with Crippen LogP contribution in [0.25, 0.3) is 0 Å². The van der Waals surface area contributed by atoms with Gasteiger partial charge in [-0.1, -0.05) is 6.07 Å². The van der Waals surface area contributed by atoms with E-state index < -0.39 is 6.10 Å². The van der Waals surface area contributed by atoms with Crippen molar-refractivity contribution in [2.45, 2.75) is 39.1 Å². The van der Waals surface area contributed by atoms with E-state index in [2.05, 4.69) is 0 Å². The van der Waals surface area contributed by atoms with Crippen molar-refractivity contribution >= 4 is 5.91 Å². The second-order valence-electron chi connectivity index (χ2n) is 5.44. The maximum atomic E-state index is 12.5. The van der Waals surface area contributed by atoms with Gasteiger partial charge in [0.1, 0.15) is 11.5 Å². The lowest BCUT2D eigenvalue weighted by molar-refractivity contribution is -0.149. The van der Waals surface area contributed by atoms with Crippen LogP contribution in [0, 0.1) is 0 Å². The molecule has 2 rings (SSSR count). The van der Waals surface area contributed by atoms with Crippen LogP contribution in [0.3, 0.4) is 0 Å². The SMILES string of the molecule is COc1cccc(OC(C)C(=O)N2CC(C)OC(C)C2)c1. The highest BCUT2D eigenvalue weighted by Crippen LogP contribution is 2.21. The van der Waals surface area contributed by atoms with Crippen LogP contribution < -0.4 is 9.47 Å². The topological polar surface area (TPSA) is 48.0 Å². The van der Waals surface area contributed by atoms with Gasteiger partial charge in [0.25, 0.3) is 5.91 Å². The monoisotopic (exact) mass is 293 g/mol. The van der Waals surface area contributed by atoms with E-state index in [0.29, 0.717) is 24.6 Å². The molecule has 21 heavy (non-hydrogen) atoms. The van der Waals surface area contributed by atoms with Gasteiger partial charge in [-0.2, -0.15) is 0 Å². The molecule has 0 radical (unpaired) electrons. The number of carbonyl (C=O) groups is 1. The lowest BCUT2D eigenvalue weighted by Gasteiger charge is -2.36. The molecule has 1 fully saturated rings. The van der Waals surface area contributed by atoms with Gasteiger partial charge in [0.2, 0.25) is 0 Å². The van der Waals surface area contributed by atoms with E-state index in [-0.39, 0.29) is 18.1 Å². The number of hydrogen-bond acceptors (Lipinski definition) is 4. The summed E-state index contributed by atoms with van der Waals surface area (Å²) in [6.45, 7) is 6.93. The Balaban J connectivity index is 1.98. The number of hydrogen-bond donors (Lipinski definition) is 0. The number of ether oxygens (including phenoxy) is 3. The number of amides is 1. The van der Waals surface area contributed by atoms with E-state index in [1.54, 1.807) is 20.1 Å². The Hall–Kier alpha value is -1.75. The minimum absolute atomic E-state index is 0.0141. The summed E-state index contributed by atoms with van der Waals surface area (Å²) in [6, 6.07) is 7.26. The van der Waals surface area contributed by atoms with Crippen molar-refractivity contribution in [3.05, 3.63) is 24.3 Å². The van der Waals surface area contributed by atoms with Gasteiger partial charge in [-0.05, 0) is 32.9 Å². The first-order chi connectivity index (χ1) is 9.99. The Morgan fingerprint density at radius 1 is 1.29 bits per heavy atom. The molecular weight excluding hydrogens is 270 g/mol. The van der Waals surface area contributed by atoms with Crippen LogP contribution in [0.1, 0.15) is 20.8 Å². The van der Waals surface area contributed by atoms with E-state index in [0.717, 1.165) is 0 Å². The molecule has 116 valence electrons. The summed E-state index contributed by atoms with van der Waals surface area (Å²) in [7, 11) is 1.60. The molecule has 1 aliphatic heterocycles. The van der Waals surface area contributed by atoms with Crippen LogP contribution in [0.2, 0.25) is 0 Å². The van der Waals surface area contributed by atoms with Crippen molar-refractivity contribution in [3.63, 3.8) is 0 Å². The highest BCUT2D eigenvalue weighted by molar-refractivity contribution is 5.81. The second-order valence-corrected chi connectivity index (χ2v) is 5.44. The predicted molar refractivity (Wildman–Crippen MR) is 79.7 cm³/mol. The summed E-state index contributed by atoms with van der Waals surface area (Å²) < 4.78 is 16.5. The molecule has 1 aromatic carbocycles.